The molecule has 1 aliphatic rings. The van der Waals surface area contributed by atoms with E-state index in [4.69, 9.17) is 5.73 Å². The van der Waals surface area contributed by atoms with Crippen molar-refractivity contribution in [2.45, 2.75) is 39.5 Å². The quantitative estimate of drug-likeness (QED) is 0.666. The number of nitrogens with two attached hydrogens (primary N) is 1. The molecule has 0 saturated heterocycles. The summed E-state index contributed by atoms with van der Waals surface area (Å²) in [5.41, 5.74) is 5.44. The fourth-order valence-electron chi connectivity index (χ4n) is 2.15. The zero-order valence-corrected chi connectivity index (χ0v) is 9.00. The van der Waals surface area contributed by atoms with Gasteiger partial charge in [0.25, 0.3) is 0 Å². The van der Waals surface area contributed by atoms with Crippen LogP contribution in [0.2, 0.25) is 0 Å². The molecule has 0 bridgehead atoms. The fraction of sp³-hybridized carbons (Fsp3) is 0.833. The second-order valence-electron chi connectivity index (χ2n) is 4.53. The molecule has 0 aliphatic heterocycles. The first-order valence-electron chi connectivity index (χ1n) is 5.60. The molecular weight excluding hydrogens is 158 g/mol. The zero-order valence-electron chi connectivity index (χ0n) is 9.00. The molecule has 1 rings (SSSR count). The zero-order chi connectivity index (χ0) is 9.68. The van der Waals surface area contributed by atoms with Crippen LogP contribution in [0, 0.1) is 17.8 Å². The van der Waals surface area contributed by atoms with Crippen LogP contribution in [-0.2, 0) is 0 Å². The molecule has 3 unspecified atom stereocenters. The molecule has 0 aromatic rings. The minimum absolute atomic E-state index is 0.787. The second-order valence-corrected chi connectivity index (χ2v) is 4.53. The maximum Gasteiger partial charge on any atom is -0.00426 e. The molecule has 1 nitrogen and oxygen atoms in total. The number of allylic oxidation sites excluding steroid dienone is 1. The maximum atomic E-state index is 5.44. The van der Waals surface area contributed by atoms with Gasteiger partial charge in [0.1, 0.15) is 0 Å². The number of hydrogen-bond acceptors (Lipinski definition) is 1. The summed E-state index contributed by atoms with van der Waals surface area (Å²) in [5, 5.41) is 0. The highest BCUT2D eigenvalue weighted by molar-refractivity contribution is 4.92. The van der Waals surface area contributed by atoms with Gasteiger partial charge in [-0.2, -0.15) is 0 Å². The van der Waals surface area contributed by atoms with Crippen molar-refractivity contribution < 1.29 is 0 Å². The minimum atomic E-state index is 0.787. The summed E-state index contributed by atoms with van der Waals surface area (Å²) >= 11 is 0. The van der Waals surface area contributed by atoms with Crippen LogP contribution in [0.4, 0.5) is 0 Å². The van der Waals surface area contributed by atoms with Crippen LogP contribution in [0.5, 0.6) is 0 Å². The van der Waals surface area contributed by atoms with E-state index in [1.165, 1.54) is 19.3 Å². The van der Waals surface area contributed by atoms with Gasteiger partial charge in [-0.1, -0.05) is 26.0 Å². The van der Waals surface area contributed by atoms with E-state index in [0.29, 0.717) is 0 Å². The van der Waals surface area contributed by atoms with E-state index in [0.717, 1.165) is 30.7 Å². The molecule has 13 heavy (non-hydrogen) atoms. The van der Waals surface area contributed by atoms with E-state index in [-0.39, 0.29) is 0 Å². The number of rotatable bonds is 3. The van der Waals surface area contributed by atoms with E-state index in [1.807, 2.05) is 0 Å². The smallest absolute Gasteiger partial charge is 0.00426 e. The third-order valence-electron chi connectivity index (χ3n) is 3.38. The largest absolute Gasteiger partial charge is 0.330 e. The molecule has 0 heterocycles. The first-order valence-corrected chi connectivity index (χ1v) is 5.60. The minimum Gasteiger partial charge on any atom is -0.330 e. The van der Waals surface area contributed by atoms with Gasteiger partial charge < -0.3 is 5.73 Å². The lowest BCUT2D eigenvalue weighted by molar-refractivity contribution is 0.236. The highest BCUT2D eigenvalue weighted by Gasteiger charge is 2.22. The van der Waals surface area contributed by atoms with E-state index in [9.17, 15) is 0 Å². The lowest BCUT2D eigenvalue weighted by Crippen LogP contribution is -2.19. The average molecular weight is 181 g/mol. The molecule has 1 fully saturated rings. The normalized spacial score (nSPS) is 35.5. The summed E-state index contributed by atoms with van der Waals surface area (Å²) in [4.78, 5) is 0. The second kappa shape index (κ2) is 5.43. The number of hydrogen-bond donors (Lipinski definition) is 1. The molecule has 1 saturated carbocycles. The highest BCUT2D eigenvalue weighted by atomic mass is 14.5. The van der Waals surface area contributed by atoms with Crippen LogP contribution in [-0.4, -0.2) is 6.54 Å². The first-order chi connectivity index (χ1) is 6.24. The van der Waals surface area contributed by atoms with Gasteiger partial charge in [-0.05, 0) is 50.0 Å². The Morgan fingerprint density at radius 1 is 1.23 bits per heavy atom. The van der Waals surface area contributed by atoms with Gasteiger partial charge in [-0.15, -0.1) is 0 Å². The van der Waals surface area contributed by atoms with Gasteiger partial charge >= 0.3 is 0 Å². The van der Waals surface area contributed by atoms with Crippen molar-refractivity contribution >= 4 is 0 Å². The Bertz CT molecular complexity index is 163. The molecule has 0 amide bonds. The van der Waals surface area contributed by atoms with Crippen molar-refractivity contribution in [1.82, 2.24) is 0 Å². The Labute approximate surface area is 82.4 Å². The Morgan fingerprint density at radius 3 is 2.62 bits per heavy atom. The SMILES string of the molecule is CC1CCC(/C=C/CCN)CC1C. The molecule has 2 N–H and O–H groups in total. The Morgan fingerprint density at radius 2 is 2.00 bits per heavy atom. The Balaban J connectivity index is 2.29. The van der Waals surface area contributed by atoms with Crippen LogP contribution < -0.4 is 5.73 Å². The predicted molar refractivity (Wildman–Crippen MR) is 58.5 cm³/mol. The van der Waals surface area contributed by atoms with Crippen LogP contribution in [0.25, 0.3) is 0 Å². The molecule has 3 atom stereocenters. The van der Waals surface area contributed by atoms with Crippen LogP contribution >= 0.6 is 0 Å². The van der Waals surface area contributed by atoms with Gasteiger partial charge in [0.15, 0.2) is 0 Å². The summed E-state index contributed by atoms with van der Waals surface area (Å²) < 4.78 is 0. The van der Waals surface area contributed by atoms with Crippen LogP contribution in [0.3, 0.4) is 0 Å². The molecule has 76 valence electrons. The van der Waals surface area contributed by atoms with Gasteiger partial charge in [-0.3, -0.25) is 0 Å². The van der Waals surface area contributed by atoms with E-state index in [2.05, 4.69) is 26.0 Å². The Hall–Kier alpha value is -0.300. The predicted octanol–water partition coefficient (Wildman–Crippen LogP) is 2.96. The van der Waals surface area contributed by atoms with Crippen molar-refractivity contribution in [1.29, 1.82) is 0 Å². The highest BCUT2D eigenvalue weighted by Crippen LogP contribution is 2.33. The van der Waals surface area contributed by atoms with Crippen LogP contribution in [0.15, 0.2) is 12.2 Å². The summed E-state index contributed by atoms with van der Waals surface area (Å²) in [6.45, 7) is 5.55. The van der Waals surface area contributed by atoms with Crippen molar-refractivity contribution in [2.24, 2.45) is 23.5 Å². The Kier molecular flexibility index (Phi) is 4.51. The van der Waals surface area contributed by atoms with Crippen molar-refractivity contribution in [2.75, 3.05) is 6.54 Å². The molecule has 0 radical (unpaired) electrons. The standard InChI is InChI=1S/C12H23N/c1-10-6-7-12(9-11(10)2)5-3-4-8-13/h3,5,10-12H,4,6-9,13H2,1-2H3/b5-3+. The van der Waals surface area contributed by atoms with E-state index in [1.54, 1.807) is 0 Å². The van der Waals surface area contributed by atoms with E-state index >= 15 is 0 Å². The van der Waals surface area contributed by atoms with Gasteiger partial charge in [-0.25, -0.2) is 0 Å². The van der Waals surface area contributed by atoms with Gasteiger partial charge in [0.2, 0.25) is 0 Å². The monoisotopic (exact) mass is 181 g/mol. The summed E-state index contributed by atoms with van der Waals surface area (Å²) in [6.07, 6.45) is 9.84. The lowest BCUT2D eigenvalue weighted by Gasteiger charge is -2.30. The van der Waals surface area contributed by atoms with Crippen molar-refractivity contribution in [3.05, 3.63) is 12.2 Å². The van der Waals surface area contributed by atoms with Crippen molar-refractivity contribution in [3.8, 4) is 0 Å². The third kappa shape index (κ3) is 3.51. The third-order valence-corrected chi connectivity index (χ3v) is 3.38. The average Bonchev–Trinajstić information content (AvgIpc) is 2.12. The molecule has 1 aliphatic carbocycles. The van der Waals surface area contributed by atoms with Gasteiger partial charge in [0.05, 0.1) is 0 Å². The molecule has 0 aromatic heterocycles. The molecule has 0 aromatic carbocycles. The maximum absolute atomic E-state index is 5.44. The summed E-state index contributed by atoms with van der Waals surface area (Å²) in [5.74, 6) is 2.66. The summed E-state index contributed by atoms with van der Waals surface area (Å²) in [7, 11) is 0. The topological polar surface area (TPSA) is 26.0 Å². The lowest BCUT2D eigenvalue weighted by atomic mass is 9.76. The van der Waals surface area contributed by atoms with Crippen molar-refractivity contribution in [3.63, 3.8) is 0 Å². The van der Waals surface area contributed by atoms with Crippen LogP contribution in [0.1, 0.15) is 39.5 Å². The molecular formula is C12H23N. The fourth-order valence-corrected chi connectivity index (χ4v) is 2.15. The summed E-state index contributed by atoms with van der Waals surface area (Å²) in [6, 6.07) is 0. The molecule has 0 spiro atoms. The first kappa shape index (κ1) is 10.8. The van der Waals surface area contributed by atoms with E-state index < -0.39 is 0 Å². The van der Waals surface area contributed by atoms with Gasteiger partial charge in [0, 0.05) is 0 Å². The molecule has 1 heteroatoms.